The van der Waals surface area contributed by atoms with Crippen LogP contribution >= 0.6 is 0 Å². The zero-order valence-electron chi connectivity index (χ0n) is 12.0. The van der Waals surface area contributed by atoms with Crippen LogP contribution in [-0.2, 0) is 19.3 Å². The standard InChI is InChI=1S/C18H22O/c1-4-13-10-11-16(12-15(13)6-3)17-9-7-8-14(5-2)18(17)19/h7-12,19H,4-6H2,1-3H3. The number of hydrogen-bond donors (Lipinski definition) is 1. The highest BCUT2D eigenvalue weighted by Crippen LogP contribution is 2.33. The minimum atomic E-state index is 0.427. The number of aromatic hydroxyl groups is 1. The molecule has 2 aromatic carbocycles. The topological polar surface area (TPSA) is 20.2 Å². The van der Waals surface area contributed by atoms with Gasteiger partial charge in [-0.3, -0.25) is 0 Å². The number of benzene rings is 2. The van der Waals surface area contributed by atoms with Gasteiger partial charge in [0, 0.05) is 5.56 Å². The molecular weight excluding hydrogens is 232 g/mol. The maximum absolute atomic E-state index is 10.3. The van der Waals surface area contributed by atoms with Gasteiger partial charge in [-0.1, -0.05) is 57.2 Å². The van der Waals surface area contributed by atoms with Crippen molar-refractivity contribution in [1.82, 2.24) is 0 Å². The quantitative estimate of drug-likeness (QED) is 0.835. The first-order chi connectivity index (χ1) is 9.21. The summed E-state index contributed by atoms with van der Waals surface area (Å²) in [4.78, 5) is 0. The zero-order valence-corrected chi connectivity index (χ0v) is 12.0. The first-order valence-electron chi connectivity index (χ1n) is 7.14. The normalized spacial score (nSPS) is 10.7. The summed E-state index contributed by atoms with van der Waals surface area (Å²) in [5.74, 6) is 0.427. The van der Waals surface area contributed by atoms with E-state index >= 15 is 0 Å². The highest BCUT2D eigenvalue weighted by atomic mass is 16.3. The zero-order chi connectivity index (χ0) is 13.8. The number of aryl methyl sites for hydroxylation is 3. The van der Waals surface area contributed by atoms with Crippen LogP contribution in [0.15, 0.2) is 36.4 Å². The van der Waals surface area contributed by atoms with E-state index in [0.29, 0.717) is 5.75 Å². The average molecular weight is 254 g/mol. The maximum Gasteiger partial charge on any atom is 0.126 e. The number of para-hydroxylation sites is 1. The van der Waals surface area contributed by atoms with Crippen LogP contribution in [0.2, 0.25) is 0 Å². The summed E-state index contributed by atoms with van der Waals surface area (Å²) in [6.45, 7) is 6.43. The predicted octanol–water partition coefficient (Wildman–Crippen LogP) is 4.75. The fourth-order valence-corrected chi connectivity index (χ4v) is 2.58. The van der Waals surface area contributed by atoms with Gasteiger partial charge in [0.1, 0.15) is 5.75 Å². The van der Waals surface area contributed by atoms with Crippen LogP contribution in [0.25, 0.3) is 11.1 Å². The van der Waals surface area contributed by atoms with Gasteiger partial charge < -0.3 is 5.11 Å². The molecule has 1 heteroatoms. The molecule has 0 aromatic heterocycles. The highest BCUT2D eigenvalue weighted by molar-refractivity contribution is 5.72. The smallest absolute Gasteiger partial charge is 0.126 e. The summed E-state index contributed by atoms with van der Waals surface area (Å²) >= 11 is 0. The van der Waals surface area contributed by atoms with Gasteiger partial charge in [0.25, 0.3) is 0 Å². The molecule has 0 atom stereocenters. The summed E-state index contributed by atoms with van der Waals surface area (Å²) < 4.78 is 0. The maximum atomic E-state index is 10.3. The Hall–Kier alpha value is -1.76. The molecule has 1 N–H and O–H groups in total. The van der Waals surface area contributed by atoms with Crippen molar-refractivity contribution in [2.24, 2.45) is 0 Å². The Kier molecular flexibility index (Phi) is 4.26. The van der Waals surface area contributed by atoms with Crippen LogP contribution in [0.1, 0.15) is 37.5 Å². The van der Waals surface area contributed by atoms with Crippen LogP contribution in [0.3, 0.4) is 0 Å². The van der Waals surface area contributed by atoms with E-state index in [1.54, 1.807) is 0 Å². The van der Waals surface area contributed by atoms with Crippen molar-refractivity contribution < 1.29 is 5.11 Å². The van der Waals surface area contributed by atoms with Gasteiger partial charge >= 0.3 is 0 Å². The molecule has 0 radical (unpaired) electrons. The van der Waals surface area contributed by atoms with E-state index < -0.39 is 0 Å². The fraction of sp³-hybridized carbons (Fsp3) is 0.333. The molecule has 0 aliphatic heterocycles. The van der Waals surface area contributed by atoms with Crippen LogP contribution in [0.4, 0.5) is 0 Å². The summed E-state index contributed by atoms with van der Waals surface area (Å²) in [6.07, 6.45) is 2.95. The third-order valence-corrected chi connectivity index (χ3v) is 3.78. The average Bonchev–Trinajstić information content (AvgIpc) is 2.46. The lowest BCUT2D eigenvalue weighted by Crippen LogP contribution is -1.92. The van der Waals surface area contributed by atoms with E-state index in [4.69, 9.17) is 0 Å². The Balaban J connectivity index is 2.53. The minimum absolute atomic E-state index is 0.427. The second kappa shape index (κ2) is 5.92. The molecule has 0 spiro atoms. The molecule has 0 aliphatic rings. The minimum Gasteiger partial charge on any atom is -0.507 e. The van der Waals surface area contributed by atoms with E-state index in [1.165, 1.54) is 11.1 Å². The second-order valence-corrected chi connectivity index (χ2v) is 4.86. The monoisotopic (exact) mass is 254 g/mol. The first kappa shape index (κ1) is 13.7. The van der Waals surface area contributed by atoms with Crippen molar-refractivity contribution in [3.8, 4) is 16.9 Å². The van der Waals surface area contributed by atoms with Gasteiger partial charge in [-0.25, -0.2) is 0 Å². The van der Waals surface area contributed by atoms with E-state index in [1.807, 2.05) is 18.2 Å². The Labute approximate surface area is 115 Å². The SMILES string of the molecule is CCc1ccc(-c2cccc(CC)c2O)cc1CC. The second-order valence-electron chi connectivity index (χ2n) is 4.86. The summed E-state index contributed by atoms with van der Waals surface area (Å²) in [6, 6.07) is 12.5. The van der Waals surface area contributed by atoms with Crippen molar-refractivity contribution in [2.75, 3.05) is 0 Å². The molecule has 0 saturated carbocycles. The van der Waals surface area contributed by atoms with Crippen LogP contribution in [0.5, 0.6) is 5.75 Å². The Morgan fingerprint density at radius 1 is 0.789 bits per heavy atom. The molecule has 0 amide bonds. The predicted molar refractivity (Wildman–Crippen MR) is 81.7 cm³/mol. The number of hydrogen-bond acceptors (Lipinski definition) is 1. The van der Waals surface area contributed by atoms with Gasteiger partial charge in [0.2, 0.25) is 0 Å². The molecular formula is C18H22O. The molecule has 2 aromatic rings. The van der Waals surface area contributed by atoms with Gasteiger partial charge in [0.05, 0.1) is 0 Å². The number of phenolic OH excluding ortho intramolecular Hbond substituents is 1. The van der Waals surface area contributed by atoms with Gasteiger partial charge in [-0.2, -0.15) is 0 Å². The molecule has 0 unspecified atom stereocenters. The third kappa shape index (κ3) is 2.65. The summed E-state index contributed by atoms with van der Waals surface area (Å²) in [5.41, 5.74) is 5.84. The van der Waals surface area contributed by atoms with Crippen LogP contribution < -0.4 is 0 Å². The lowest BCUT2D eigenvalue weighted by molar-refractivity contribution is 0.471. The molecule has 0 bridgehead atoms. The molecule has 100 valence electrons. The Bertz CT molecular complexity index is 570. The highest BCUT2D eigenvalue weighted by Gasteiger charge is 2.09. The lowest BCUT2D eigenvalue weighted by Gasteiger charge is -2.12. The molecule has 19 heavy (non-hydrogen) atoms. The molecule has 0 heterocycles. The number of rotatable bonds is 4. The largest absolute Gasteiger partial charge is 0.507 e. The molecule has 0 aliphatic carbocycles. The van der Waals surface area contributed by atoms with Crippen molar-refractivity contribution in [3.63, 3.8) is 0 Å². The van der Waals surface area contributed by atoms with E-state index in [2.05, 4.69) is 39.0 Å². The van der Waals surface area contributed by atoms with Gasteiger partial charge in [0.15, 0.2) is 0 Å². The van der Waals surface area contributed by atoms with Crippen molar-refractivity contribution >= 4 is 0 Å². The number of phenols is 1. The third-order valence-electron chi connectivity index (χ3n) is 3.78. The molecule has 1 nitrogen and oxygen atoms in total. The summed E-state index contributed by atoms with van der Waals surface area (Å²) in [5, 5.41) is 10.3. The van der Waals surface area contributed by atoms with E-state index in [0.717, 1.165) is 36.0 Å². The van der Waals surface area contributed by atoms with E-state index in [9.17, 15) is 5.11 Å². The lowest BCUT2D eigenvalue weighted by atomic mass is 9.94. The van der Waals surface area contributed by atoms with Crippen molar-refractivity contribution in [1.29, 1.82) is 0 Å². The van der Waals surface area contributed by atoms with Gasteiger partial charge in [-0.05, 0) is 41.5 Å². The van der Waals surface area contributed by atoms with Crippen molar-refractivity contribution in [3.05, 3.63) is 53.1 Å². The van der Waals surface area contributed by atoms with Crippen molar-refractivity contribution in [2.45, 2.75) is 40.0 Å². The molecule has 0 saturated heterocycles. The fourth-order valence-electron chi connectivity index (χ4n) is 2.58. The first-order valence-corrected chi connectivity index (χ1v) is 7.14. The Morgan fingerprint density at radius 2 is 1.47 bits per heavy atom. The Morgan fingerprint density at radius 3 is 2.11 bits per heavy atom. The molecule has 0 fully saturated rings. The van der Waals surface area contributed by atoms with Crippen LogP contribution in [-0.4, -0.2) is 5.11 Å². The molecule has 2 rings (SSSR count). The van der Waals surface area contributed by atoms with E-state index in [-0.39, 0.29) is 0 Å². The van der Waals surface area contributed by atoms with Gasteiger partial charge in [-0.15, -0.1) is 0 Å². The summed E-state index contributed by atoms with van der Waals surface area (Å²) in [7, 11) is 0. The van der Waals surface area contributed by atoms with Crippen LogP contribution in [0, 0.1) is 0 Å².